The second-order valence-electron chi connectivity index (χ2n) is 4.29. The molecule has 2 unspecified atom stereocenters. The van der Waals surface area contributed by atoms with Crippen molar-refractivity contribution in [2.45, 2.75) is 51.1 Å². The number of hydrogen-bond donors (Lipinski definition) is 2. The van der Waals surface area contributed by atoms with Crippen molar-refractivity contribution in [1.29, 1.82) is 0 Å². The van der Waals surface area contributed by atoms with Crippen LogP contribution in [0.3, 0.4) is 0 Å². The van der Waals surface area contributed by atoms with Crippen LogP contribution in [0.1, 0.15) is 33.1 Å². The third kappa shape index (κ3) is 4.15. The molecule has 5 nitrogen and oxygen atoms in total. The Hall–Kier alpha value is -0.650. The average Bonchev–Trinajstić information content (AvgIpc) is 1.99. The highest BCUT2D eigenvalue weighted by Crippen LogP contribution is 2.29. The summed E-state index contributed by atoms with van der Waals surface area (Å²) in [5.74, 6) is -1.55. The van der Waals surface area contributed by atoms with Crippen molar-refractivity contribution in [3.05, 3.63) is 0 Å². The van der Waals surface area contributed by atoms with Gasteiger partial charge in [0, 0.05) is 6.42 Å². The van der Waals surface area contributed by atoms with Crippen molar-refractivity contribution in [2.24, 2.45) is 5.73 Å². The van der Waals surface area contributed by atoms with Crippen LogP contribution >= 0.6 is 0 Å². The van der Waals surface area contributed by atoms with E-state index >= 15 is 0 Å². The van der Waals surface area contributed by atoms with Crippen LogP contribution in [0.25, 0.3) is 0 Å². The summed E-state index contributed by atoms with van der Waals surface area (Å²) in [6.45, 7) is 4.13. The highest BCUT2D eigenvalue weighted by molar-refractivity contribution is 5.67. The van der Waals surface area contributed by atoms with E-state index in [1.165, 1.54) is 0 Å². The molecule has 1 rings (SSSR count). The van der Waals surface area contributed by atoms with Gasteiger partial charge in [-0.1, -0.05) is 0 Å². The lowest BCUT2D eigenvalue weighted by atomic mass is 10.0. The summed E-state index contributed by atoms with van der Waals surface area (Å²) in [5, 5.41) is 8.71. The minimum Gasteiger partial charge on any atom is -0.481 e. The van der Waals surface area contributed by atoms with E-state index in [0.717, 1.165) is 6.42 Å². The van der Waals surface area contributed by atoms with E-state index in [4.69, 9.17) is 20.3 Å². The van der Waals surface area contributed by atoms with Gasteiger partial charge in [-0.15, -0.1) is 0 Å². The molecule has 0 aromatic heterocycles. The Morgan fingerprint density at radius 3 is 2.60 bits per heavy atom. The maximum atomic E-state index is 10.6. The summed E-state index contributed by atoms with van der Waals surface area (Å²) in [6, 6.07) is 0. The van der Waals surface area contributed by atoms with Crippen molar-refractivity contribution < 1.29 is 19.4 Å². The summed E-state index contributed by atoms with van der Waals surface area (Å²) in [4.78, 5) is 10.6. The average molecular weight is 217 g/mol. The standard InChI is InChI=1S/C10H19NO4/c1-10(2)14-7(3-4-11)5-8(15-10)6-9(12)13/h7-8H,3-6,11H2,1-2H3,(H,12,13). The highest BCUT2D eigenvalue weighted by Gasteiger charge is 2.35. The third-order valence-corrected chi connectivity index (χ3v) is 2.32. The minimum atomic E-state index is -0.843. The number of ether oxygens (including phenoxy) is 2. The molecule has 0 aromatic rings. The Labute approximate surface area is 89.5 Å². The number of hydrogen-bond acceptors (Lipinski definition) is 4. The molecule has 0 saturated carbocycles. The molecule has 5 heteroatoms. The van der Waals surface area contributed by atoms with Crippen LogP contribution in [0.4, 0.5) is 0 Å². The van der Waals surface area contributed by atoms with Gasteiger partial charge in [0.15, 0.2) is 5.79 Å². The molecule has 0 amide bonds. The van der Waals surface area contributed by atoms with Gasteiger partial charge in [0.25, 0.3) is 0 Å². The van der Waals surface area contributed by atoms with Crippen LogP contribution in [-0.4, -0.2) is 35.6 Å². The van der Waals surface area contributed by atoms with Gasteiger partial charge < -0.3 is 20.3 Å². The maximum Gasteiger partial charge on any atom is 0.305 e. The zero-order valence-electron chi connectivity index (χ0n) is 9.23. The van der Waals surface area contributed by atoms with Crippen LogP contribution in [-0.2, 0) is 14.3 Å². The molecule has 0 aliphatic carbocycles. The number of carboxylic acid groups (broad SMARTS) is 1. The fourth-order valence-corrected chi connectivity index (χ4v) is 1.90. The molecule has 0 radical (unpaired) electrons. The number of carboxylic acids is 1. The van der Waals surface area contributed by atoms with Gasteiger partial charge in [-0.3, -0.25) is 4.79 Å². The molecule has 0 bridgehead atoms. The molecular weight excluding hydrogens is 198 g/mol. The Balaban J connectivity index is 2.55. The fraction of sp³-hybridized carbons (Fsp3) is 0.900. The first-order valence-electron chi connectivity index (χ1n) is 5.20. The molecule has 1 aliphatic rings. The van der Waals surface area contributed by atoms with E-state index in [9.17, 15) is 4.79 Å². The molecule has 3 N–H and O–H groups in total. The smallest absolute Gasteiger partial charge is 0.305 e. The van der Waals surface area contributed by atoms with Crippen molar-refractivity contribution in [3.8, 4) is 0 Å². The molecular formula is C10H19NO4. The lowest BCUT2D eigenvalue weighted by Crippen LogP contribution is -2.45. The normalized spacial score (nSPS) is 30.1. The SMILES string of the molecule is CC1(C)OC(CCN)CC(CC(=O)O)O1. The Bertz CT molecular complexity index is 229. The van der Waals surface area contributed by atoms with Crippen LogP contribution in [0.15, 0.2) is 0 Å². The molecule has 15 heavy (non-hydrogen) atoms. The summed E-state index contributed by atoms with van der Waals surface area (Å²) >= 11 is 0. The molecule has 1 heterocycles. The Morgan fingerprint density at radius 2 is 2.07 bits per heavy atom. The summed E-state index contributed by atoms with van der Waals surface area (Å²) in [5.41, 5.74) is 5.46. The first kappa shape index (κ1) is 12.4. The quantitative estimate of drug-likeness (QED) is 0.725. The lowest BCUT2D eigenvalue weighted by molar-refractivity contribution is -0.300. The first-order chi connectivity index (χ1) is 6.93. The van der Waals surface area contributed by atoms with Crippen LogP contribution < -0.4 is 5.73 Å². The number of rotatable bonds is 4. The predicted octanol–water partition coefficient (Wildman–Crippen LogP) is 0.720. The van der Waals surface area contributed by atoms with E-state index in [-0.39, 0.29) is 18.6 Å². The third-order valence-electron chi connectivity index (χ3n) is 2.32. The van der Waals surface area contributed by atoms with E-state index in [2.05, 4.69) is 0 Å². The first-order valence-corrected chi connectivity index (χ1v) is 5.20. The van der Waals surface area contributed by atoms with Crippen molar-refractivity contribution in [1.82, 2.24) is 0 Å². The summed E-state index contributed by atoms with van der Waals surface area (Å²) in [6.07, 6.45) is 1.09. The largest absolute Gasteiger partial charge is 0.481 e. The van der Waals surface area contributed by atoms with Gasteiger partial charge in [0.05, 0.1) is 18.6 Å². The molecule has 1 saturated heterocycles. The minimum absolute atomic E-state index is 0.00287. The topological polar surface area (TPSA) is 81.8 Å². The number of nitrogens with two attached hydrogens (primary N) is 1. The summed E-state index contributed by atoms with van der Waals surface area (Å²) < 4.78 is 11.1. The van der Waals surface area contributed by atoms with E-state index in [1.807, 2.05) is 0 Å². The molecule has 88 valence electrons. The second-order valence-corrected chi connectivity index (χ2v) is 4.29. The summed E-state index contributed by atoms with van der Waals surface area (Å²) in [7, 11) is 0. The van der Waals surface area contributed by atoms with Crippen LogP contribution in [0.2, 0.25) is 0 Å². The van der Waals surface area contributed by atoms with Gasteiger partial charge in [-0.25, -0.2) is 0 Å². The Kier molecular flexibility index (Phi) is 4.07. The van der Waals surface area contributed by atoms with Crippen molar-refractivity contribution >= 4 is 5.97 Å². The van der Waals surface area contributed by atoms with Gasteiger partial charge >= 0.3 is 5.97 Å². The van der Waals surface area contributed by atoms with Crippen LogP contribution in [0.5, 0.6) is 0 Å². The predicted molar refractivity (Wildman–Crippen MR) is 54.4 cm³/mol. The second kappa shape index (κ2) is 4.92. The van der Waals surface area contributed by atoms with Gasteiger partial charge in [0.2, 0.25) is 0 Å². The monoisotopic (exact) mass is 217 g/mol. The molecule has 0 spiro atoms. The van der Waals surface area contributed by atoms with E-state index in [1.54, 1.807) is 13.8 Å². The van der Waals surface area contributed by atoms with Crippen molar-refractivity contribution in [3.63, 3.8) is 0 Å². The molecule has 2 atom stereocenters. The van der Waals surface area contributed by atoms with Gasteiger partial charge in [-0.2, -0.15) is 0 Å². The highest BCUT2D eigenvalue weighted by atomic mass is 16.7. The molecule has 1 fully saturated rings. The van der Waals surface area contributed by atoms with Crippen LogP contribution in [0, 0.1) is 0 Å². The van der Waals surface area contributed by atoms with Crippen molar-refractivity contribution in [2.75, 3.05) is 6.54 Å². The van der Waals surface area contributed by atoms with E-state index in [0.29, 0.717) is 13.0 Å². The van der Waals surface area contributed by atoms with E-state index < -0.39 is 11.8 Å². The van der Waals surface area contributed by atoms with Gasteiger partial charge in [-0.05, 0) is 26.8 Å². The van der Waals surface area contributed by atoms with Gasteiger partial charge in [0.1, 0.15) is 0 Å². The molecule has 0 aromatic carbocycles. The fourth-order valence-electron chi connectivity index (χ4n) is 1.90. The lowest BCUT2D eigenvalue weighted by Gasteiger charge is -2.40. The Morgan fingerprint density at radius 1 is 1.47 bits per heavy atom. The number of aliphatic carboxylic acids is 1. The zero-order valence-corrected chi connectivity index (χ0v) is 9.23. The molecule has 1 aliphatic heterocycles. The zero-order chi connectivity index (χ0) is 11.5. The number of carbonyl (C=O) groups is 1. The maximum absolute atomic E-state index is 10.6.